The third-order valence-corrected chi connectivity index (χ3v) is 11.2. The normalized spacial score (nSPS) is 26.8. The fourth-order valence-electron chi connectivity index (χ4n) is 5.48. The van der Waals surface area contributed by atoms with Crippen LogP contribution in [0, 0.1) is 5.92 Å². The second-order valence-electron chi connectivity index (χ2n) is 7.97. The first-order chi connectivity index (χ1) is 10.6. The number of hydrogen-bond donors (Lipinski definition) is 0. The molecule has 2 aromatic rings. The van der Waals surface area contributed by atoms with Gasteiger partial charge in [-0.25, -0.2) is 0 Å². The summed E-state index contributed by atoms with van der Waals surface area (Å²) in [6.45, 7) is 7.80. The van der Waals surface area contributed by atoms with Crippen molar-refractivity contribution in [3.05, 3.63) is 70.8 Å². The molecule has 0 saturated heterocycles. The summed E-state index contributed by atoms with van der Waals surface area (Å²) < 4.78 is 0. The number of rotatable bonds is 2. The van der Waals surface area contributed by atoms with Crippen molar-refractivity contribution in [2.24, 2.45) is 5.92 Å². The van der Waals surface area contributed by atoms with E-state index >= 15 is 0 Å². The average molecular weight is 307 g/mol. The number of fused-ring (bicyclic) bond motifs is 2. The molecule has 0 spiro atoms. The van der Waals surface area contributed by atoms with Crippen LogP contribution < -0.4 is 0 Å². The topological polar surface area (TPSA) is 0 Å². The lowest BCUT2D eigenvalue weighted by Gasteiger charge is -2.39. The Hall–Kier alpha value is -1.34. The Morgan fingerprint density at radius 1 is 0.864 bits per heavy atom. The molecule has 2 aliphatic carbocycles. The fourth-order valence-corrected chi connectivity index (χ4v) is 10.5. The molecule has 0 bridgehead atoms. The third-order valence-electron chi connectivity index (χ3n) is 6.33. The van der Waals surface area contributed by atoms with Crippen LogP contribution >= 0.6 is 0 Å². The summed E-state index contributed by atoms with van der Waals surface area (Å²) >= 11 is 0. The van der Waals surface area contributed by atoms with E-state index in [-0.39, 0.29) is 0 Å². The summed E-state index contributed by atoms with van der Waals surface area (Å²) in [5.74, 6) is 0.812. The second-order valence-corrected chi connectivity index (χ2v) is 12.9. The highest BCUT2D eigenvalue weighted by atomic mass is 28.3. The zero-order valence-electron chi connectivity index (χ0n) is 14.0. The smallest absolute Gasteiger partial charge is 0.0631 e. The minimum Gasteiger partial charge on any atom is -0.0684 e. The lowest BCUT2D eigenvalue weighted by molar-refractivity contribution is 0.580. The van der Waals surface area contributed by atoms with Gasteiger partial charge in [0.2, 0.25) is 0 Å². The molecule has 0 fully saturated rings. The number of hydrogen-bond acceptors (Lipinski definition) is 0. The van der Waals surface area contributed by atoms with Gasteiger partial charge in [-0.3, -0.25) is 0 Å². The molecule has 4 rings (SSSR count). The molecule has 0 saturated carbocycles. The molecule has 2 aliphatic rings. The highest BCUT2D eigenvalue weighted by Crippen LogP contribution is 2.51. The zero-order valence-corrected chi connectivity index (χ0v) is 15.0. The summed E-state index contributed by atoms with van der Waals surface area (Å²) in [4.78, 5) is 0. The largest absolute Gasteiger partial charge is 0.0684 e. The van der Waals surface area contributed by atoms with E-state index in [0.29, 0.717) is 0 Å². The van der Waals surface area contributed by atoms with E-state index in [2.05, 4.69) is 68.5 Å². The van der Waals surface area contributed by atoms with Crippen LogP contribution in [-0.2, 0) is 12.8 Å². The van der Waals surface area contributed by atoms with Crippen LogP contribution in [0.4, 0.5) is 0 Å². The first-order valence-electron chi connectivity index (χ1n) is 8.74. The molecule has 114 valence electrons. The lowest BCUT2D eigenvalue weighted by Crippen LogP contribution is -2.43. The molecule has 22 heavy (non-hydrogen) atoms. The Kier molecular flexibility index (Phi) is 3.30. The van der Waals surface area contributed by atoms with Crippen molar-refractivity contribution in [2.45, 2.75) is 50.4 Å². The molecular formula is C21H26Si. The van der Waals surface area contributed by atoms with Gasteiger partial charge in [0.1, 0.15) is 0 Å². The molecule has 0 N–H and O–H groups in total. The van der Waals surface area contributed by atoms with E-state index in [1.165, 1.54) is 19.3 Å². The van der Waals surface area contributed by atoms with E-state index < -0.39 is 8.07 Å². The number of benzene rings is 2. The molecule has 0 radical (unpaired) electrons. The van der Waals surface area contributed by atoms with Crippen molar-refractivity contribution < 1.29 is 0 Å². The van der Waals surface area contributed by atoms with Crippen molar-refractivity contribution in [1.29, 1.82) is 0 Å². The van der Waals surface area contributed by atoms with E-state index in [9.17, 15) is 0 Å². The van der Waals surface area contributed by atoms with Gasteiger partial charge in [-0.15, -0.1) is 0 Å². The first kappa shape index (κ1) is 14.3. The van der Waals surface area contributed by atoms with E-state index in [4.69, 9.17) is 0 Å². The maximum Gasteiger partial charge on any atom is 0.0631 e. The van der Waals surface area contributed by atoms with E-state index in [1.807, 2.05) is 0 Å². The Bertz CT molecular complexity index is 701. The third kappa shape index (κ3) is 2.02. The summed E-state index contributed by atoms with van der Waals surface area (Å²) in [7, 11) is -1.40. The minimum atomic E-state index is -1.40. The molecule has 3 atom stereocenters. The van der Waals surface area contributed by atoms with Crippen molar-refractivity contribution in [1.82, 2.24) is 0 Å². The maximum atomic E-state index is 2.66. The van der Waals surface area contributed by atoms with Crippen LogP contribution in [0.1, 0.15) is 46.7 Å². The summed E-state index contributed by atoms with van der Waals surface area (Å²) in [5, 5.41) is 0. The summed E-state index contributed by atoms with van der Waals surface area (Å²) in [5.41, 5.74) is 8.24. The molecule has 0 aromatic heterocycles. The molecule has 2 aromatic carbocycles. The summed E-state index contributed by atoms with van der Waals surface area (Å²) in [6, 6.07) is 18.5. The Morgan fingerprint density at radius 2 is 1.50 bits per heavy atom. The van der Waals surface area contributed by atoms with E-state index in [0.717, 1.165) is 17.0 Å². The van der Waals surface area contributed by atoms with Crippen LogP contribution in [0.2, 0.25) is 13.1 Å². The number of aryl methyl sites for hydroxylation is 1. The van der Waals surface area contributed by atoms with Crippen LogP contribution in [-0.4, -0.2) is 8.07 Å². The highest BCUT2D eigenvalue weighted by Gasteiger charge is 2.47. The Labute approximate surface area is 135 Å². The van der Waals surface area contributed by atoms with E-state index in [1.54, 1.807) is 22.3 Å². The quantitative estimate of drug-likeness (QED) is 0.645. The predicted molar refractivity (Wildman–Crippen MR) is 97.0 cm³/mol. The van der Waals surface area contributed by atoms with Crippen molar-refractivity contribution in [2.75, 3.05) is 0 Å². The molecule has 1 unspecified atom stereocenters. The SMILES string of the molecule is CC1Cc2ccccc2[C@H]1[Si](C)(C)[C@H]1CCc2ccccc21. The van der Waals surface area contributed by atoms with Crippen molar-refractivity contribution in [3.8, 4) is 0 Å². The molecule has 1 heteroatoms. The molecule has 0 nitrogen and oxygen atoms in total. The van der Waals surface area contributed by atoms with Crippen LogP contribution in [0.3, 0.4) is 0 Å². The van der Waals surface area contributed by atoms with Crippen LogP contribution in [0.5, 0.6) is 0 Å². The van der Waals surface area contributed by atoms with Crippen molar-refractivity contribution >= 4 is 8.07 Å². The van der Waals surface area contributed by atoms with Gasteiger partial charge in [0.15, 0.2) is 0 Å². The zero-order chi connectivity index (χ0) is 15.3. The fraction of sp³-hybridized carbons (Fsp3) is 0.429. The van der Waals surface area contributed by atoms with Gasteiger partial charge >= 0.3 is 0 Å². The van der Waals surface area contributed by atoms with Gasteiger partial charge in [0, 0.05) is 0 Å². The summed E-state index contributed by atoms with van der Waals surface area (Å²) in [6.07, 6.45) is 3.95. The Morgan fingerprint density at radius 3 is 2.27 bits per heavy atom. The van der Waals surface area contributed by atoms with Crippen molar-refractivity contribution in [3.63, 3.8) is 0 Å². The molecule has 0 aliphatic heterocycles. The average Bonchev–Trinajstić information content (AvgIpc) is 3.07. The minimum absolute atomic E-state index is 0.812. The monoisotopic (exact) mass is 306 g/mol. The first-order valence-corrected chi connectivity index (χ1v) is 11.9. The van der Waals surface area contributed by atoms with Gasteiger partial charge in [-0.2, -0.15) is 0 Å². The lowest BCUT2D eigenvalue weighted by atomic mass is 10.1. The standard InChI is InChI=1S/C21H26Si/c1-15-14-17-9-5-7-11-19(17)21(15)22(2,3)20-13-12-16-8-4-6-10-18(16)20/h4-11,15,20-21H,12-14H2,1-3H3/t15?,20-,21-/m0/s1. The molecule has 0 amide bonds. The van der Waals surface area contributed by atoms with Gasteiger partial charge in [0.25, 0.3) is 0 Å². The highest BCUT2D eigenvalue weighted by molar-refractivity contribution is 6.80. The van der Waals surface area contributed by atoms with Crippen LogP contribution in [0.25, 0.3) is 0 Å². The predicted octanol–water partition coefficient (Wildman–Crippen LogP) is 5.48. The maximum absolute atomic E-state index is 2.66. The van der Waals surface area contributed by atoms with Gasteiger partial charge in [0.05, 0.1) is 8.07 Å². The van der Waals surface area contributed by atoms with Crippen LogP contribution in [0.15, 0.2) is 48.5 Å². The second kappa shape index (κ2) is 5.09. The molecule has 0 heterocycles. The van der Waals surface area contributed by atoms with Gasteiger partial charge in [-0.05, 0) is 58.5 Å². The Balaban J connectivity index is 1.76. The molecular weight excluding hydrogens is 280 g/mol. The van der Waals surface area contributed by atoms with Gasteiger partial charge < -0.3 is 0 Å². The van der Waals surface area contributed by atoms with Gasteiger partial charge in [-0.1, -0.05) is 68.5 Å².